The molecule has 3 unspecified atom stereocenters. The molecule has 3 atom stereocenters. The first-order valence-electron chi connectivity index (χ1n) is 6.21. The van der Waals surface area contributed by atoms with E-state index in [2.05, 4.69) is 22.9 Å². The molecule has 3 N–H and O–H groups in total. The van der Waals surface area contributed by atoms with Gasteiger partial charge in [-0.1, -0.05) is 19.8 Å². The van der Waals surface area contributed by atoms with Crippen molar-refractivity contribution in [3.8, 4) is 0 Å². The molecule has 0 saturated heterocycles. The molecule has 2 rings (SSSR count). The predicted molar refractivity (Wildman–Crippen MR) is 76.1 cm³/mol. The maximum Gasteiger partial charge on any atom is 0.0950 e. The van der Waals surface area contributed by atoms with Crippen molar-refractivity contribution in [2.75, 3.05) is 6.54 Å². The Balaban J connectivity index is 2.22. The first-order valence-corrected chi connectivity index (χ1v) is 7.82. The van der Waals surface area contributed by atoms with E-state index in [9.17, 15) is 5.11 Å². The number of halogens is 1. The van der Waals surface area contributed by atoms with Gasteiger partial charge in [0.05, 0.1) is 9.89 Å². The van der Waals surface area contributed by atoms with Crippen LogP contribution in [0.3, 0.4) is 0 Å². The van der Waals surface area contributed by atoms with Crippen molar-refractivity contribution >= 4 is 27.3 Å². The highest BCUT2D eigenvalue weighted by atomic mass is 79.9. The fourth-order valence-electron chi connectivity index (χ4n) is 3.02. The number of hydrogen-bond acceptors (Lipinski definition) is 3. The van der Waals surface area contributed by atoms with Crippen molar-refractivity contribution in [2.24, 2.45) is 17.1 Å². The fourth-order valence-corrected chi connectivity index (χ4v) is 4.57. The molecule has 2 nitrogen and oxygen atoms in total. The van der Waals surface area contributed by atoms with Gasteiger partial charge in [0.25, 0.3) is 0 Å². The van der Waals surface area contributed by atoms with Gasteiger partial charge in [0.2, 0.25) is 0 Å². The van der Waals surface area contributed by atoms with Crippen LogP contribution < -0.4 is 5.73 Å². The van der Waals surface area contributed by atoms with Crippen LogP contribution in [0.15, 0.2) is 15.9 Å². The number of aliphatic hydroxyl groups is 1. The van der Waals surface area contributed by atoms with Crippen LogP contribution in [0.25, 0.3) is 0 Å². The quantitative estimate of drug-likeness (QED) is 0.892. The van der Waals surface area contributed by atoms with Crippen molar-refractivity contribution in [3.63, 3.8) is 0 Å². The maximum absolute atomic E-state index is 10.6. The van der Waals surface area contributed by atoms with E-state index in [1.165, 1.54) is 12.8 Å². The van der Waals surface area contributed by atoms with Crippen LogP contribution in [0.4, 0.5) is 0 Å². The Morgan fingerprint density at radius 2 is 2.41 bits per heavy atom. The second kappa shape index (κ2) is 5.39. The summed E-state index contributed by atoms with van der Waals surface area (Å²) in [7, 11) is 0. The molecule has 4 heteroatoms. The third kappa shape index (κ3) is 2.75. The molecule has 1 aromatic rings. The van der Waals surface area contributed by atoms with Crippen LogP contribution in [0, 0.1) is 11.3 Å². The molecule has 1 saturated carbocycles. The van der Waals surface area contributed by atoms with Gasteiger partial charge in [-0.25, -0.2) is 0 Å². The Hall–Kier alpha value is 0.1000. The average Bonchev–Trinajstić information content (AvgIpc) is 2.74. The molecule has 0 bridgehead atoms. The summed E-state index contributed by atoms with van der Waals surface area (Å²) in [5.74, 6) is 0.672. The van der Waals surface area contributed by atoms with Gasteiger partial charge in [0, 0.05) is 16.8 Å². The summed E-state index contributed by atoms with van der Waals surface area (Å²) in [5.41, 5.74) is 5.87. The molecule has 1 heterocycles. The zero-order chi connectivity index (χ0) is 12.5. The van der Waals surface area contributed by atoms with E-state index in [-0.39, 0.29) is 5.41 Å². The van der Waals surface area contributed by atoms with E-state index >= 15 is 0 Å². The molecule has 17 heavy (non-hydrogen) atoms. The van der Waals surface area contributed by atoms with Gasteiger partial charge in [-0.3, -0.25) is 0 Å². The first kappa shape index (κ1) is 13.5. The van der Waals surface area contributed by atoms with E-state index in [1.807, 2.05) is 12.1 Å². The molecule has 0 aliphatic heterocycles. The second-order valence-corrected chi connectivity index (χ2v) is 7.81. The number of hydrogen-bond donors (Lipinski definition) is 2. The van der Waals surface area contributed by atoms with Gasteiger partial charge < -0.3 is 10.8 Å². The predicted octanol–water partition coefficient (Wildman–Crippen LogP) is 3.70. The molecular formula is C13H20BrNOS. The van der Waals surface area contributed by atoms with Crippen molar-refractivity contribution in [3.05, 3.63) is 20.8 Å². The minimum Gasteiger partial charge on any atom is -0.387 e. The van der Waals surface area contributed by atoms with E-state index in [0.29, 0.717) is 12.5 Å². The van der Waals surface area contributed by atoms with Gasteiger partial charge in [0.1, 0.15) is 0 Å². The van der Waals surface area contributed by atoms with Crippen molar-refractivity contribution < 1.29 is 5.11 Å². The zero-order valence-electron chi connectivity index (χ0n) is 10.2. The maximum atomic E-state index is 10.6. The lowest BCUT2D eigenvalue weighted by atomic mass is 9.66. The molecule has 1 aromatic heterocycles. The molecule has 0 aromatic carbocycles. The molecule has 96 valence electrons. The Bertz CT molecular complexity index is 381. The van der Waals surface area contributed by atoms with Crippen LogP contribution in [-0.2, 0) is 0 Å². The highest BCUT2D eigenvalue weighted by molar-refractivity contribution is 9.11. The van der Waals surface area contributed by atoms with Crippen LogP contribution in [-0.4, -0.2) is 11.7 Å². The highest BCUT2D eigenvalue weighted by Crippen LogP contribution is 2.48. The average molecular weight is 318 g/mol. The largest absolute Gasteiger partial charge is 0.387 e. The van der Waals surface area contributed by atoms with Crippen molar-refractivity contribution in [1.29, 1.82) is 0 Å². The van der Waals surface area contributed by atoms with Crippen molar-refractivity contribution in [2.45, 2.75) is 38.7 Å². The molecule has 0 radical (unpaired) electrons. The molecule has 0 spiro atoms. The summed E-state index contributed by atoms with van der Waals surface area (Å²) in [4.78, 5) is 1.04. The third-order valence-corrected chi connectivity index (χ3v) is 5.65. The standard InChI is InChI=1S/C13H20BrNOS/c1-9-3-2-6-13(7-9,8-15)12(16)10-4-5-11(14)17-10/h4-5,9,12,16H,2-3,6-8,15H2,1H3. The first-order chi connectivity index (χ1) is 8.07. The van der Waals surface area contributed by atoms with Gasteiger partial charge in [0.15, 0.2) is 0 Å². The van der Waals surface area contributed by atoms with Gasteiger partial charge >= 0.3 is 0 Å². The monoisotopic (exact) mass is 317 g/mol. The minimum absolute atomic E-state index is 0.109. The van der Waals surface area contributed by atoms with Crippen molar-refractivity contribution in [1.82, 2.24) is 0 Å². The van der Waals surface area contributed by atoms with Crippen LogP contribution in [0.2, 0.25) is 0 Å². The fraction of sp³-hybridized carbons (Fsp3) is 0.692. The smallest absolute Gasteiger partial charge is 0.0950 e. The molecule has 1 fully saturated rings. The SMILES string of the molecule is CC1CCCC(CN)(C(O)c2ccc(Br)s2)C1. The number of nitrogens with two attached hydrogens (primary N) is 1. The molecule has 1 aliphatic carbocycles. The van der Waals surface area contributed by atoms with E-state index in [1.54, 1.807) is 11.3 Å². The van der Waals surface area contributed by atoms with E-state index < -0.39 is 6.10 Å². The lowest BCUT2D eigenvalue weighted by molar-refractivity contribution is -0.0108. The minimum atomic E-state index is -0.411. The second-order valence-electron chi connectivity index (χ2n) is 5.31. The Labute approximate surface area is 115 Å². The number of rotatable bonds is 3. The normalized spacial score (nSPS) is 31.4. The van der Waals surface area contributed by atoms with Crippen LogP contribution >= 0.6 is 27.3 Å². The van der Waals surface area contributed by atoms with Crippen LogP contribution in [0.5, 0.6) is 0 Å². The summed E-state index contributed by atoms with van der Waals surface area (Å²) in [5, 5.41) is 10.6. The Kier molecular flexibility index (Phi) is 4.29. The van der Waals surface area contributed by atoms with Crippen LogP contribution in [0.1, 0.15) is 43.6 Å². The summed E-state index contributed by atoms with van der Waals surface area (Å²) in [6.07, 6.45) is 4.13. The van der Waals surface area contributed by atoms with E-state index in [0.717, 1.165) is 21.5 Å². The van der Waals surface area contributed by atoms with Gasteiger partial charge in [-0.05, 0) is 46.8 Å². The summed E-state index contributed by atoms with van der Waals surface area (Å²) in [6, 6.07) is 4.01. The Morgan fingerprint density at radius 1 is 1.65 bits per heavy atom. The van der Waals surface area contributed by atoms with E-state index in [4.69, 9.17) is 5.73 Å². The lowest BCUT2D eigenvalue weighted by Gasteiger charge is -2.42. The highest BCUT2D eigenvalue weighted by Gasteiger charge is 2.41. The number of aliphatic hydroxyl groups excluding tert-OH is 1. The number of thiophene rings is 1. The summed E-state index contributed by atoms with van der Waals surface area (Å²) in [6.45, 7) is 2.84. The molecular weight excluding hydrogens is 298 g/mol. The zero-order valence-corrected chi connectivity index (χ0v) is 12.6. The molecule has 0 amide bonds. The third-order valence-electron chi connectivity index (χ3n) is 3.98. The topological polar surface area (TPSA) is 46.2 Å². The molecule has 1 aliphatic rings. The summed E-state index contributed by atoms with van der Waals surface area (Å²) >= 11 is 5.07. The Morgan fingerprint density at radius 3 is 2.94 bits per heavy atom. The lowest BCUT2D eigenvalue weighted by Crippen LogP contribution is -2.40. The summed E-state index contributed by atoms with van der Waals surface area (Å²) < 4.78 is 1.07. The van der Waals surface area contributed by atoms with Gasteiger partial charge in [-0.15, -0.1) is 11.3 Å². The van der Waals surface area contributed by atoms with Gasteiger partial charge in [-0.2, -0.15) is 0 Å².